The Kier molecular flexibility index (Phi) is 7.10. The van der Waals surface area contributed by atoms with Crippen LogP contribution in [0.25, 0.3) is 0 Å². The number of hydrogen-bond donors (Lipinski definition) is 3. The van der Waals surface area contributed by atoms with Crippen molar-refractivity contribution >= 4 is 17.8 Å². The van der Waals surface area contributed by atoms with Gasteiger partial charge in [-0.1, -0.05) is 23.8 Å². The van der Waals surface area contributed by atoms with Gasteiger partial charge >= 0.3 is 6.03 Å². The lowest BCUT2D eigenvalue weighted by Gasteiger charge is -2.32. The Balaban J connectivity index is 1.79. The van der Waals surface area contributed by atoms with Gasteiger partial charge < -0.3 is 21.3 Å². The Labute approximate surface area is 177 Å². The molecule has 1 saturated carbocycles. The minimum absolute atomic E-state index is 0.00677. The van der Waals surface area contributed by atoms with Crippen molar-refractivity contribution in [2.75, 3.05) is 19.6 Å². The zero-order valence-corrected chi connectivity index (χ0v) is 17.5. The van der Waals surface area contributed by atoms with Gasteiger partial charge in [0.1, 0.15) is 0 Å². The molecule has 8 nitrogen and oxygen atoms in total. The summed E-state index contributed by atoms with van der Waals surface area (Å²) in [4.78, 5) is 41.9. The lowest BCUT2D eigenvalue weighted by molar-refractivity contribution is -0.129. The fourth-order valence-corrected chi connectivity index (χ4v) is 4.00. The summed E-state index contributed by atoms with van der Waals surface area (Å²) < 4.78 is 0. The van der Waals surface area contributed by atoms with Crippen LogP contribution < -0.4 is 16.4 Å². The molecule has 1 aliphatic carbocycles. The molecule has 2 aliphatic rings. The maximum Gasteiger partial charge on any atom is 0.319 e. The van der Waals surface area contributed by atoms with E-state index < -0.39 is 6.17 Å². The molecule has 30 heavy (non-hydrogen) atoms. The largest absolute Gasteiger partial charge is 0.350 e. The third kappa shape index (κ3) is 4.99. The average molecular weight is 414 g/mol. The first-order chi connectivity index (χ1) is 14.4. The summed E-state index contributed by atoms with van der Waals surface area (Å²) in [7, 11) is 0. The smallest absolute Gasteiger partial charge is 0.319 e. The number of carbonyl (C=O) groups is 3. The standard InChI is InChI=1S/C22H31N5O3/c1-3-12-24-22(30)27-14-13-26(21(29)16-6-4-15(2)5-7-16)20(27)19(28)25-18-10-8-17(23)9-11-18/h3-7,17-18,20H,1,8-14,23H2,2H3,(H,24,30)(H,25,28). The maximum absolute atomic E-state index is 13.2. The van der Waals surface area contributed by atoms with Crippen LogP contribution in [-0.4, -0.2) is 65.5 Å². The van der Waals surface area contributed by atoms with Crippen molar-refractivity contribution in [3.05, 3.63) is 48.0 Å². The molecule has 1 unspecified atom stereocenters. The number of aryl methyl sites for hydroxylation is 1. The maximum atomic E-state index is 13.2. The van der Waals surface area contributed by atoms with E-state index >= 15 is 0 Å². The molecule has 1 aromatic carbocycles. The van der Waals surface area contributed by atoms with Crippen LogP contribution >= 0.6 is 0 Å². The molecule has 1 heterocycles. The molecule has 0 aromatic heterocycles. The molecule has 4 amide bonds. The molecule has 1 aliphatic heterocycles. The van der Waals surface area contributed by atoms with Crippen molar-refractivity contribution in [3.8, 4) is 0 Å². The van der Waals surface area contributed by atoms with Gasteiger partial charge in [0.05, 0.1) is 0 Å². The first-order valence-corrected chi connectivity index (χ1v) is 10.5. The van der Waals surface area contributed by atoms with E-state index in [1.807, 2.05) is 19.1 Å². The predicted molar refractivity (Wildman–Crippen MR) is 115 cm³/mol. The molecule has 1 aromatic rings. The molecule has 4 N–H and O–H groups in total. The van der Waals surface area contributed by atoms with Crippen LogP contribution in [0.15, 0.2) is 36.9 Å². The van der Waals surface area contributed by atoms with E-state index in [9.17, 15) is 14.4 Å². The minimum atomic E-state index is -0.987. The Hall–Kier alpha value is -2.87. The number of urea groups is 1. The Morgan fingerprint density at radius 2 is 1.73 bits per heavy atom. The third-order valence-corrected chi connectivity index (χ3v) is 5.74. The van der Waals surface area contributed by atoms with E-state index in [0.29, 0.717) is 12.1 Å². The first kappa shape index (κ1) is 21.8. The summed E-state index contributed by atoms with van der Waals surface area (Å²) in [5, 5.41) is 5.75. The summed E-state index contributed by atoms with van der Waals surface area (Å²) >= 11 is 0. The van der Waals surface area contributed by atoms with E-state index in [0.717, 1.165) is 31.2 Å². The van der Waals surface area contributed by atoms with E-state index in [1.54, 1.807) is 18.2 Å². The number of amides is 4. The van der Waals surface area contributed by atoms with Gasteiger partial charge in [-0.15, -0.1) is 6.58 Å². The van der Waals surface area contributed by atoms with Gasteiger partial charge in [0.15, 0.2) is 6.17 Å². The predicted octanol–water partition coefficient (Wildman–Crippen LogP) is 1.36. The van der Waals surface area contributed by atoms with Gasteiger partial charge in [-0.2, -0.15) is 0 Å². The molecule has 0 bridgehead atoms. The monoisotopic (exact) mass is 413 g/mol. The van der Waals surface area contributed by atoms with Gasteiger partial charge in [-0.25, -0.2) is 4.79 Å². The van der Waals surface area contributed by atoms with Gasteiger partial charge in [0, 0.05) is 37.3 Å². The SMILES string of the molecule is C=CCNC(=O)N1CCN(C(=O)c2ccc(C)cc2)C1C(=O)NC1CCC(N)CC1. The van der Waals surface area contributed by atoms with Crippen LogP contribution in [0.1, 0.15) is 41.6 Å². The fourth-order valence-electron chi connectivity index (χ4n) is 4.00. The third-order valence-electron chi connectivity index (χ3n) is 5.74. The van der Waals surface area contributed by atoms with E-state index in [-0.39, 0.29) is 43.0 Å². The van der Waals surface area contributed by atoms with Gasteiger partial charge in [0.25, 0.3) is 11.8 Å². The molecule has 1 saturated heterocycles. The lowest BCUT2D eigenvalue weighted by Crippen LogP contribution is -2.57. The van der Waals surface area contributed by atoms with Gasteiger partial charge in [-0.3, -0.25) is 14.5 Å². The second-order valence-electron chi connectivity index (χ2n) is 8.03. The average Bonchev–Trinajstić information content (AvgIpc) is 3.19. The van der Waals surface area contributed by atoms with Crippen molar-refractivity contribution in [2.45, 2.75) is 50.9 Å². The van der Waals surface area contributed by atoms with Crippen LogP contribution in [-0.2, 0) is 4.79 Å². The summed E-state index contributed by atoms with van der Waals surface area (Å²) in [5.41, 5.74) is 7.50. The van der Waals surface area contributed by atoms with E-state index in [1.165, 1.54) is 9.80 Å². The van der Waals surface area contributed by atoms with Crippen molar-refractivity contribution in [2.24, 2.45) is 5.73 Å². The number of benzene rings is 1. The highest BCUT2D eigenvalue weighted by Gasteiger charge is 2.43. The molecule has 0 radical (unpaired) electrons. The van der Waals surface area contributed by atoms with Gasteiger partial charge in [0.2, 0.25) is 0 Å². The fraction of sp³-hybridized carbons (Fsp3) is 0.500. The van der Waals surface area contributed by atoms with Crippen LogP contribution in [0, 0.1) is 6.92 Å². The number of rotatable bonds is 5. The number of hydrogen-bond acceptors (Lipinski definition) is 4. The number of nitrogens with one attached hydrogen (secondary N) is 2. The van der Waals surface area contributed by atoms with Crippen molar-refractivity contribution in [3.63, 3.8) is 0 Å². The Morgan fingerprint density at radius 3 is 2.37 bits per heavy atom. The first-order valence-electron chi connectivity index (χ1n) is 10.5. The number of nitrogens with zero attached hydrogens (tertiary/aromatic N) is 2. The van der Waals surface area contributed by atoms with Gasteiger partial charge in [-0.05, 0) is 44.7 Å². The lowest BCUT2D eigenvalue weighted by atomic mass is 9.92. The summed E-state index contributed by atoms with van der Waals surface area (Å²) in [5.74, 6) is -0.595. The number of carbonyl (C=O) groups excluding carboxylic acids is 3. The highest BCUT2D eigenvalue weighted by molar-refractivity contribution is 5.99. The number of nitrogens with two attached hydrogens (primary N) is 1. The van der Waals surface area contributed by atoms with Crippen molar-refractivity contribution in [1.82, 2.24) is 20.4 Å². The second-order valence-corrected chi connectivity index (χ2v) is 8.03. The summed E-state index contributed by atoms with van der Waals surface area (Å²) in [6, 6.07) is 7.00. The topological polar surface area (TPSA) is 108 Å². The molecular formula is C22H31N5O3. The summed E-state index contributed by atoms with van der Waals surface area (Å²) in [6.45, 7) is 6.41. The zero-order valence-electron chi connectivity index (χ0n) is 17.5. The summed E-state index contributed by atoms with van der Waals surface area (Å²) in [6.07, 6.45) is 3.89. The van der Waals surface area contributed by atoms with Crippen LogP contribution in [0.5, 0.6) is 0 Å². The van der Waals surface area contributed by atoms with Crippen molar-refractivity contribution < 1.29 is 14.4 Å². The highest BCUT2D eigenvalue weighted by atomic mass is 16.2. The van der Waals surface area contributed by atoms with E-state index in [2.05, 4.69) is 17.2 Å². The molecule has 2 fully saturated rings. The second kappa shape index (κ2) is 9.75. The zero-order chi connectivity index (χ0) is 21.7. The van der Waals surface area contributed by atoms with E-state index in [4.69, 9.17) is 5.73 Å². The molecule has 3 rings (SSSR count). The highest BCUT2D eigenvalue weighted by Crippen LogP contribution is 2.21. The quantitative estimate of drug-likeness (QED) is 0.634. The van der Waals surface area contributed by atoms with Crippen LogP contribution in [0.2, 0.25) is 0 Å². The van der Waals surface area contributed by atoms with Crippen LogP contribution in [0.3, 0.4) is 0 Å². The van der Waals surface area contributed by atoms with Crippen molar-refractivity contribution in [1.29, 1.82) is 0 Å². The normalized spacial score (nSPS) is 23.7. The minimum Gasteiger partial charge on any atom is -0.350 e. The molecule has 0 spiro atoms. The molecule has 162 valence electrons. The Morgan fingerprint density at radius 1 is 1.10 bits per heavy atom. The van der Waals surface area contributed by atoms with Crippen LogP contribution in [0.4, 0.5) is 4.79 Å². The molecule has 8 heteroatoms. The Bertz CT molecular complexity index is 786. The molecular weight excluding hydrogens is 382 g/mol. The molecule has 1 atom stereocenters.